The molecule has 0 spiro atoms. The van der Waals surface area contributed by atoms with E-state index in [1.54, 1.807) is 0 Å². The molecule has 0 heterocycles. The molecule has 0 aliphatic carbocycles. The molecule has 0 aliphatic heterocycles. The third kappa shape index (κ3) is 8.76. The summed E-state index contributed by atoms with van der Waals surface area (Å²) in [5, 5.41) is 13.4. The maximum Gasteiger partial charge on any atom is 0.306 e. The van der Waals surface area contributed by atoms with Crippen molar-refractivity contribution in [3.8, 4) is 0 Å². The van der Waals surface area contributed by atoms with Crippen LogP contribution in [0.25, 0.3) is 0 Å². The number of esters is 2. The largest absolute Gasteiger partial charge is 0.481 e. The smallest absolute Gasteiger partial charge is 0.306 e. The highest BCUT2D eigenvalue weighted by molar-refractivity contribution is 6.99. The van der Waals surface area contributed by atoms with Crippen LogP contribution in [0.1, 0.15) is 54.4 Å². The van der Waals surface area contributed by atoms with Gasteiger partial charge in [-0.1, -0.05) is 81.4 Å². The lowest BCUT2D eigenvalue weighted by Gasteiger charge is -2.44. The number of carbonyl (C=O) groups excluding carboxylic acids is 3. The number of benzene rings is 2. The molecular formula is C29H39NO8Si. The fourth-order valence-electron chi connectivity index (χ4n) is 4.70. The van der Waals surface area contributed by atoms with Crippen LogP contribution in [0.15, 0.2) is 60.7 Å². The van der Waals surface area contributed by atoms with Gasteiger partial charge >= 0.3 is 17.9 Å². The number of carbonyl (C=O) groups is 4. The zero-order valence-corrected chi connectivity index (χ0v) is 24.4. The zero-order valence-electron chi connectivity index (χ0n) is 23.4. The molecule has 2 aromatic carbocycles. The molecule has 0 saturated heterocycles. The predicted molar refractivity (Wildman–Crippen MR) is 149 cm³/mol. The predicted octanol–water partition coefficient (Wildman–Crippen LogP) is 2.80. The number of rotatable bonds is 13. The molecule has 0 saturated carbocycles. The molecule has 212 valence electrons. The van der Waals surface area contributed by atoms with E-state index in [2.05, 4.69) is 26.1 Å². The Bertz CT molecular complexity index is 1080. The van der Waals surface area contributed by atoms with Gasteiger partial charge in [-0.2, -0.15) is 0 Å². The van der Waals surface area contributed by atoms with Gasteiger partial charge in [0.25, 0.3) is 8.32 Å². The monoisotopic (exact) mass is 557 g/mol. The molecule has 1 amide bonds. The highest BCUT2D eigenvalue weighted by atomic mass is 28.4. The van der Waals surface area contributed by atoms with Crippen LogP contribution in [-0.2, 0) is 33.1 Å². The van der Waals surface area contributed by atoms with Crippen molar-refractivity contribution in [1.29, 1.82) is 0 Å². The van der Waals surface area contributed by atoms with Crippen LogP contribution in [0, 0.1) is 0 Å². The fourth-order valence-corrected chi connectivity index (χ4v) is 9.28. The molecule has 10 heteroatoms. The number of amides is 1. The summed E-state index contributed by atoms with van der Waals surface area (Å²) in [6.07, 6.45) is -2.81. The van der Waals surface area contributed by atoms with Crippen molar-refractivity contribution in [2.75, 3.05) is 6.61 Å². The first-order valence-corrected chi connectivity index (χ1v) is 14.8. The number of carboxylic acids is 1. The third-order valence-corrected chi connectivity index (χ3v) is 11.3. The van der Waals surface area contributed by atoms with Crippen molar-refractivity contribution < 1.29 is 38.2 Å². The molecule has 2 rings (SSSR count). The normalized spacial score (nSPS) is 14.0. The minimum atomic E-state index is -3.01. The van der Waals surface area contributed by atoms with Gasteiger partial charge in [0.1, 0.15) is 6.10 Å². The van der Waals surface area contributed by atoms with E-state index in [4.69, 9.17) is 19.0 Å². The molecule has 0 aliphatic rings. The molecule has 0 unspecified atom stereocenters. The molecule has 0 aromatic heterocycles. The minimum Gasteiger partial charge on any atom is -0.481 e. The molecule has 0 fully saturated rings. The lowest BCUT2D eigenvalue weighted by atomic mass is 10.1. The topological polar surface area (TPSA) is 128 Å². The van der Waals surface area contributed by atoms with Gasteiger partial charge in [0.2, 0.25) is 5.91 Å². The van der Waals surface area contributed by atoms with Crippen molar-refractivity contribution in [2.45, 2.75) is 77.7 Å². The van der Waals surface area contributed by atoms with E-state index >= 15 is 0 Å². The van der Waals surface area contributed by atoms with Crippen LogP contribution >= 0.6 is 0 Å². The molecule has 0 radical (unpaired) electrons. The lowest BCUT2D eigenvalue weighted by Crippen LogP contribution is -2.68. The summed E-state index contributed by atoms with van der Waals surface area (Å²) in [6, 6.07) is 19.0. The molecule has 3 atom stereocenters. The Kier molecular flexibility index (Phi) is 11.4. The van der Waals surface area contributed by atoms with Gasteiger partial charge in [-0.15, -0.1) is 0 Å². The van der Waals surface area contributed by atoms with E-state index in [1.165, 1.54) is 20.8 Å². The second-order valence-electron chi connectivity index (χ2n) is 10.4. The van der Waals surface area contributed by atoms with Crippen molar-refractivity contribution in [1.82, 2.24) is 5.32 Å². The van der Waals surface area contributed by atoms with Crippen LogP contribution in [0.3, 0.4) is 0 Å². The summed E-state index contributed by atoms with van der Waals surface area (Å²) in [4.78, 5) is 47.5. The van der Waals surface area contributed by atoms with Crippen LogP contribution in [0.5, 0.6) is 0 Å². The first-order chi connectivity index (χ1) is 18.3. The van der Waals surface area contributed by atoms with E-state index < -0.39 is 50.9 Å². The first-order valence-electron chi connectivity index (χ1n) is 12.9. The van der Waals surface area contributed by atoms with E-state index in [1.807, 2.05) is 60.7 Å². The standard InChI is InChI=1S/C29H39NO8Si/c1-20(37-27(35)18-17-26(33)34)28(38-22(3)32)25(30-21(2)31)19-36-39(29(4,5)6,23-13-9-7-10-14-23)24-15-11-8-12-16-24/h7-16,20,25,28H,17-19H2,1-6H3,(H,30,31)(H,33,34)/t20-,25+,28-/m1/s1. The van der Waals surface area contributed by atoms with Gasteiger partial charge in [-0.3, -0.25) is 19.2 Å². The summed E-state index contributed by atoms with van der Waals surface area (Å²) >= 11 is 0. The lowest BCUT2D eigenvalue weighted by molar-refractivity contribution is -0.169. The maximum absolute atomic E-state index is 12.3. The molecule has 0 bridgehead atoms. The number of nitrogens with one attached hydrogen (secondary N) is 1. The molecule has 9 nitrogen and oxygen atoms in total. The van der Waals surface area contributed by atoms with Crippen molar-refractivity contribution in [3.05, 3.63) is 60.7 Å². The number of aliphatic carboxylic acids is 1. The van der Waals surface area contributed by atoms with Crippen LogP contribution in [-0.4, -0.2) is 62.1 Å². The average Bonchev–Trinajstić information content (AvgIpc) is 2.86. The summed E-state index contributed by atoms with van der Waals surface area (Å²) in [5.74, 6) is -2.90. The molecular weight excluding hydrogens is 518 g/mol. The van der Waals surface area contributed by atoms with Gasteiger partial charge in [-0.25, -0.2) is 0 Å². The highest BCUT2D eigenvalue weighted by Gasteiger charge is 2.51. The Labute approximate surface area is 231 Å². The Balaban J connectivity index is 2.51. The second-order valence-corrected chi connectivity index (χ2v) is 14.7. The Hall–Kier alpha value is -3.50. The quantitative estimate of drug-likeness (QED) is 0.284. The molecule has 39 heavy (non-hydrogen) atoms. The first kappa shape index (κ1) is 31.7. The van der Waals surface area contributed by atoms with E-state index in [0.29, 0.717) is 0 Å². The van der Waals surface area contributed by atoms with Gasteiger partial charge in [-0.05, 0) is 22.3 Å². The number of ether oxygens (including phenoxy) is 2. The fraction of sp³-hybridized carbons (Fsp3) is 0.448. The van der Waals surface area contributed by atoms with Crippen molar-refractivity contribution >= 4 is 42.5 Å². The number of carboxylic acid groups (broad SMARTS) is 1. The van der Waals surface area contributed by atoms with Gasteiger partial charge < -0.3 is 24.3 Å². The van der Waals surface area contributed by atoms with Gasteiger partial charge in [0.15, 0.2) is 6.10 Å². The third-order valence-electron chi connectivity index (χ3n) is 6.31. The number of hydrogen-bond acceptors (Lipinski definition) is 7. The highest BCUT2D eigenvalue weighted by Crippen LogP contribution is 2.37. The second kappa shape index (κ2) is 14.0. The maximum atomic E-state index is 12.3. The average molecular weight is 558 g/mol. The Morgan fingerprint density at radius 2 is 1.38 bits per heavy atom. The van der Waals surface area contributed by atoms with Crippen molar-refractivity contribution in [3.63, 3.8) is 0 Å². The van der Waals surface area contributed by atoms with E-state index in [-0.39, 0.29) is 24.0 Å². The van der Waals surface area contributed by atoms with Crippen LogP contribution in [0.2, 0.25) is 5.04 Å². The summed E-state index contributed by atoms with van der Waals surface area (Å²) in [6.45, 7) is 10.4. The van der Waals surface area contributed by atoms with Gasteiger partial charge in [0, 0.05) is 13.8 Å². The number of hydrogen-bond donors (Lipinski definition) is 2. The van der Waals surface area contributed by atoms with Crippen molar-refractivity contribution in [2.24, 2.45) is 0 Å². The Morgan fingerprint density at radius 1 is 0.872 bits per heavy atom. The summed E-state index contributed by atoms with van der Waals surface area (Å²) in [7, 11) is -3.01. The molecule has 2 N–H and O–H groups in total. The summed E-state index contributed by atoms with van der Waals surface area (Å²) < 4.78 is 17.9. The zero-order chi connectivity index (χ0) is 29.2. The van der Waals surface area contributed by atoms with Crippen LogP contribution < -0.4 is 15.7 Å². The molecule has 2 aromatic rings. The van der Waals surface area contributed by atoms with E-state index in [9.17, 15) is 19.2 Å². The van der Waals surface area contributed by atoms with Gasteiger partial charge in [0.05, 0.1) is 25.5 Å². The SMILES string of the molecule is CC(=O)N[C@@H](CO[Si](c1ccccc1)(c1ccccc1)C(C)(C)C)[C@H](OC(C)=O)[C@@H](C)OC(=O)CCC(=O)O. The van der Waals surface area contributed by atoms with E-state index in [0.717, 1.165) is 10.4 Å². The minimum absolute atomic E-state index is 0.0399. The summed E-state index contributed by atoms with van der Waals surface area (Å²) in [5.41, 5.74) is 0. The van der Waals surface area contributed by atoms with Crippen LogP contribution in [0.4, 0.5) is 0 Å². The Morgan fingerprint density at radius 3 is 1.79 bits per heavy atom.